The van der Waals surface area contributed by atoms with Gasteiger partial charge in [-0.1, -0.05) is 12.1 Å². The molecule has 4 heteroatoms. The van der Waals surface area contributed by atoms with Crippen molar-refractivity contribution in [2.24, 2.45) is 0 Å². The molecule has 4 nitrogen and oxygen atoms in total. The van der Waals surface area contributed by atoms with Crippen LogP contribution in [0.4, 0.5) is 0 Å². The van der Waals surface area contributed by atoms with Gasteiger partial charge in [0, 0.05) is 45.8 Å². The first kappa shape index (κ1) is 15.3. The second kappa shape index (κ2) is 8.25. The third-order valence-corrected chi connectivity index (χ3v) is 3.69. The molecule has 0 aliphatic carbocycles. The van der Waals surface area contributed by atoms with Crippen molar-refractivity contribution in [3.05, 3.63) is 29.8 Å². The van der Waals surface area contributed by atoms with Gasteiger partial charge in [-0.25, -0.2) is 0 Å². The predicted octanol–water partition coefficient (Wildman–Crippen LogP) is 1.42. The summed E-state index contributed by atoms with van der Waals surface area (Å²) >= 11 is 0. The van der Waals surface area contributed by atoms with E-state index in [4.69, 9.17) is 4.74 Å². The van der Waals surface area contributed by atoms with Gasteiger partial charge >= 0.3 is 0 Å². The van der Waals surface area contributed by atoms with Crippen molar-refractivity contribution < 1.29 is 4.74 Å². The van der Waals surface area contributed by atoms with E-state index in [2.05, 4.69) is 46.4 Å². The average Bonchev–Trinajstić information content (AvgIpc) is 2.49. The zero-order valence-electron chi connectivity index (χ0n) is 12.8. The van der Waals surface area contributed by atoms with Gasteiger partial charge in [0.15, 0.2) is 0 Å². The van der Waals surface area contributed by atoms with E-state index < -0.39 is 0 Å². The Balaban J connectivity index is 1.71. The Hall–Kier alpha value is -1.10. The third kappa shape index (κ3) is 5.12. The van der Waals surface area contributed by atoms with Gasteiger partial charge in [-0.3, -0.25) is 4.90 Å². The van der Waals surface area contributed by atoms with Crippen LogP contribution in [0.25, 0.3) is 0 Å². The quantitative estimate of drug-likeness (QED) is 0.816. The van der Waals surface area contributed by atoms with Gasteiger partial charge in [-0.05, 0) is 31.7 Å². The molecule has 1 aliphatic rings. The van der Waals surface area contributed by atoms with Gasteiger partial charge in [0.05, 0.1) is 6.61 Å². The number of piperazine rings is 1. The molecule has 0 saturated carbocycles. The molecule has 20 heavy (non-hydrogen) atoms. The molecule has 0 radical (unpaired) electrons. The lowest BCUT2D eigenvalue weighted by molar-refractivity contribution is 0.202. The van der Waals surface area contributed by atoms with E-state index in [0.29, 0.717) is 0 Å². The fourth-order valence-corrected chi connectivity index (χ4v) is 2.50. The molecule has 1 aromatic carbocycles. The summed E-state index contributed by atoms with van der Waals surface area (Å²) in [7, 11) is 2.19. The van der Waals surface area contributed by atoms with Crippen LogP contribution >= 0.6 is 0 Å². The molecule has 0 spiro atoms. The Morgan fingerprint density at radius 3 is 2.55 bits per heavy atom. The van der Waals surface area contributed by atoms with Crippen LogP contribution in [0.3, 0.4) is 0 Å². The minimum Gasteiger partial charge on any atom is -0.494 e. The number of hydrogen-bond acceptors (Lipinski definition) is 4. The smallest absolute Gasteiger partial charge is 0.119 e. The highest BCUT2D eigenvalue weighted by molar-refractivity contribution is 5.27. The highest BCUT2D eigenvalue weighted by Gasteiger charge is 2.10. The number of rotatable bonds is 7. The van der Waals surface area contributed by atoms with Crippen molar-refractivity contribution in [1.29, 1.82) is 0 Å². The summed E-state index contributed by atoms with van der Waals surface area (Å²) in [5.74, 6) is 0.958. The van der Waals surface area contributed by atoms with Crippen LogP contribution in [0.2, 0.25) is 0 Å². The van der Waals surface area contributed by atoms with E-state index in [1.54, 1.807) is 0 Å². The SMILES string of the molecule is CCOc1ccc(CN(C)CCN2CCNCC2)cc1. The summed E-state index contributed by atoms with van der Waals surface area (Å²) < 4.78 is 5.47. The van der Waals surface area contributed by atoms with Crippen molar-refractivity contribution in [3.63, 3.8) is 0 Å². The van der Waals surface area contributed by atoms with Crippen LogP contribution in [0.15, 0.2) is 24.3 Å². The Labute approximate surface area is 122 Å². The number of benzene rings is 1. The molecule has 0 amide bonds. The Morgan fingerprint density at radius 1 is 1.20 bits per heavy atom. The molecule has 1 fully saturated rings. The topological polar surface area (TPSA) is 27.7 Å². The molecule has 0 unspecified atom stereocenters. The number of nitrogens with one attached hydrogen (secondary N) is 1. The van der Waals surface area contributed by atoms with Crippen LogP contribution < -0.4 is 10.1 Å². The van der Waals surface area contributed by atoms with E-state index in [-0.39, 0.29) is 0 Å². The fourth-order valence-electron chi connectivity index (χ4n) is 2.50. The van der Waals surface area contributed by atoms with Crippen LogP contribution in [0.5, 0.6) is 5.75 Å². The van der Waals surface area contributed by atoms with Crippen LogP contribution in [-0.4, -0.2) is 62.7 Å². The van der Waals surface area contributed by atoms with E-state index in [0.717, 1.165) is 45.1 Å². The predicted molar refractivity (Wildman–Crippen MR) is 83.3 cm³/mol. The van der Waals surface area contributed by atoms with Gasteiger partial charge < -0.3 is 15.0 Å². The molecule has 1 N–H and O–H groups in total. The number of likely N-dealkylation sites (N-methyl/N-ethyl adjacent to an activating group) is 1. The molecule has 2 rings (SSSR count). The molecule has 1 aliphatic heterocycles. The van der Waals surface area contributed by atoms with Gasteiger partial charge in [0.2, 0.25) is 0 Å². The first-order valence-electron chi connectivity index (χ1n) is 7.61. The zero-order valence-corrected chi connectivity index (χ0v) is 12.8. The Kier molecular flexibility index (Phi) is 6.30. The van der Waals surface area contributed by atoms with Gasteiger partial charge in [-0.2, -0.15) is 0 Å². The summed E-state index contributed by atoms with van der Waals surface area (Å²) in [4.78, 5) is 4.92. The average molecular weight is 277 g/mol. The van der Waals surface area contributed by atoms with Crippen LogP contribution in [0.1, 0.15) is 12.5 Å². The number of hydrogen-bond donors (Lipinski definition) is 1. The minimum atomic E-state index is 0.726. The third-order valence-electron chi connectivity index (χ3n) is 3.69. The standard InChI is InChI=1S/C16H27N3O/c1-3-20-16-6-4-15(5-7-16)14-18(2)12-13-19-10-8-17-9-11-19/h4-7,17H,3,8-14H2,1-2H3. The monoisotopic (exact) mass is 277 g/mol. The lowest BCUT2D eigenvalue weighted by Gasteiger charge is -2.29. The van der Waals surface area contributed by atoms with Crippen molar-refractivity contribution >= 4 is 0 Å². The minimum absolute atomic E-state index is 0.726. The zero-order chi connectivity index (χ0) is 14.2. The summed E-state index contributed by atoms with van der Waals surface area (Å²) in [6, 6.07) is 8.44. The van der Waals surface area contributed by atoms with Crippen molar-refractivity contribution in [3.8, 4) is 5.75 Å². The molecule has 0 bridgehead atoms. The summed E-state index contributed by atoms with van der Waals surface area (Å²) in [6.07, 6.45) is 0. The lowest BCUT2D eigenvalue weighted by atomic mass is 10.2. The molecule has 1 aromatic rings. The van der Waals surface area contributed by atoms with Crippen LogP contribution in [0, 0.1) is 0 Å². The highest BCUT2D eigenvalue weighted by Crippen LogP contribution is 2.13. The summed E-state index contributed by atoms with van der Waals surface area (Å²) in [5, 5.41) is 3.39. The molecule has 0 aromatic heterocycles. The van der Waals surface area contributed by atoms with Gasteiger partial charge in [-0.15, -0.1) is 0 Å². The normalized spacial score (nSPS) is 16.6. The molecule has 112 valence electrons. The summed E-state index contributed by atoms with van der Waals surface area (Å²) in [5.41, 5.74) is 1.34. The maximum absolute atomic E-state index is 5.47. The molecular weight excluding hydrogens is 250 g/mol. The van der Waals surface area contributed by atoms with E-state index in [9.17, 15) is 0 Å². The fraction of sp³-hybridized carbons (Fsp3) is 0.625. The highest BCUT2D eigenvalue weighted by atomic mass is 16.5. The van der Waals surface area contributed by atoms with Crippen molar-refractivity contribution in [2.45, 2.75) is 13.5 Å². The first-order chi connectivity index (χ1) is 9.78. The van der Waals surface area contributed by atoms with Gasteiger partial charge in [0.1, 0.15) is 5.75 Å². The number of nitrogens with zero attached hydrogens (tertiary/aromatic N) is 2. The Bertz CT molecular complexity index is 374. The Morgan fingerprint density at radius 2 is 1.90 bits per heavy atom. The first-order valence-corrected chi connectivity index (χ1v) is 7.61. The largest absolute Gasteiger partial charge is 0.494 e. The molecular formula is C16H27N3O. The lowest BCUT2D eigenvalue weighted by Crippen LogP contribution is -2.45. The van der Waals surface area contributed by atoms with Crippen molar-refractivity contribution in [1.82, 2.24) is 15.1 Å². The molecule has 0 atom stereocenters. The van der Waals surface area contributed by atoms with Crippen LogP contribution in [-0.2, 0) is 6.54 Å². The second-order valence-electron chi connectivity index (χ2n) is 5.41. The van der Waals surface area contributed by atoms with E-state index in [1.807, 2.05) is 6.92 Å². The van der Waals surface area contributed by atoms with Crippen molar-refractivity contribution in [2.75, 3.05) is 52.9 Å². The molecule has 1 heterocycles. The maximum atomic E-state index is 5.47. The summed E-state index contributed by atoms with van der Waals surface area (Å²) in [6.45, 7) is 10.6. The number of ether oxygens (including phenoxy) is 1. The second-order valence-corrected chi connectivity index (χ2v) is 5.41. The van der Waals surface area contributed by atoms with E-state index >= 15 is 0 Å². The van der Waals surface area contributed by atoms with E-state index in [1.165, 1.54) is 18.7 Å². The molecule has 1 saturated heterocycles. The maximum Gasteiger partial charge on any atom is 0.119 e. The van der Waals surface area contributed by atoms with Gasteiger partial charge in [0.25, 0.3) is 0 Å².